The molecule has 1 aromatic rings. The fraction of sp³-hybridized carbons (Fsp3) is 0.250. The molecule has 3 N–H and O–H groups in total. The first-order valence-electron chi connectivity index (χ1n) is 4.41. The lowest BCUT2D eigenvalue weighted by Gasteiger charge is -1.98. The smallest absolute Gasteiger partial charge is 0.476 e. The number of rotatable bonds is 4. The number of hydrogen-bond acceptors (Lipinski definition) is 8. The molecule has 0 aromatic carbocycles. The molecule has 0 atom stereocenters. The van der Waals surface area contributed by atoms with Crippen molar-refractivity contribution in [2.45, 2.75) is 6.92 Å². The Morgan fingerprint density at radius 1 is 1.65 bits per heavy atom. The van der Waals surface area contributed by atoms with Gasteiger partial charge in [-0.2, -0.15) is 0 Å². The van der Waals surface area contributed by atoms with Crippen LogP contribution in [0.15, 0.2) is 10.5 Å². The van der Waals surface area contributed by atoms with E-state index in [4.69, 9.17) is 10.8 Å². The maximum Gasteiger partial charge on any atom is 0.535 e. The Morgan fingerprint density at radius 2 is 2.35 bits per heavy atom. The normalized spacial score (nSPS) is 11.0. The van der Waals surface area contributed by atoms with E-state index in [-0.39, 0.29) is 17.4 Å². The molecule has 0 fully saturated rings. The zero-order valence-corrected chi connectivity index (χ0v) is 9.56. The van der Waals surface area contributed by atoms with E-state index in [1.54, 1.807) is 6.92 Å². The fourth-order valence-corrected chi connectivity index (χ4v) is 1.37. The molecule has 1 heterocycles. The molecular weight excluding hydrogens is 250 g/mol. The second-order valence-electron chi connectivity index (χ2n) is 2.59. The summed E-state index contributed by atoms with van der Waals surface area (Å²) < 4.78 is 4.41. The number of carbonyl (C=O) groups is 2. The molecular formula is C8H9N3O5S. The van der Waals surface area contributed by atoms with E-state index < -0.39 is 17.8 Å². The van der Waals surface area contributed by atoms with Gasteiger partial charge in [0, 0.05) is 5.38 Å². The van der Waals surface area contributed by atoms with Gasteiger partial charge in [0.1, 0.15) is 5.69 Å². The first-order valence-corrected chi connectivity index (χ1v) is 5.29. The Labute approximate surface area is 99.6 Å². The number of ether oxygens (including phenoxy) is 1. The van der Waals surface area contributed by atoms with Gasteiger partial charge in [0.2, 0.25) is 5.71 Å². The number of nitrogen functional groups attached to an aromatic ring is 1. The Bertz CT molecular complexity index is 456. The third kappa shape index (κ3) is 3.72. The summed E-state index contributed by atoms with van der Waals surface area (Å²) in [4.78, 5) is 29.6. The van der Waals surface area contributed by atoms with Crippen molar-refractivity contribution < 1.29 is 24.3 Å². The van der Waals surface area contributed by atoms with Crippen LogP contribution < -0.4 is 5.73 Å². The third-order valence-corrected chi connectivity index (χ3v) is 2.11. The van der Waals surface area contributed by atoms with Crippen LogP contribution in [0.5, 0.6) is 0 Å². The van der Waals surface area contributed by atoms with Gasteiger partial charge in [0.05, 0.1) is 6.61 Å². The highest BCUT2D eigenvalue weighted by Gasteiger charge is 2.18. The number of carbonyl (C=O) groups excluding carboxylic acids is 1. The topological polar surface area (TPSA) is 124 Å². The minimum absolute atomic E-state index is 0.0179. The summed E-state index contributed by atoms with van der Waals surface area (Å²) in [5.74, 6) is -1.39. The predicted molar refractivity (Wildman–Crippen MR) is 58.8 cm³/mol. The number of nitrogens with zero attached hydrogens (tertiary/aromatic N) is 2. The Morgan fingerprint density at radius 3 is 2.82 bits per heavy atom. The van der Waals surface area contributed by atoms with Gasteiger partial charge in [0.25, 0.3) is 0 Å². The lowest BCUT2D eigenvalue weighted by molar-refractivity contribution is -0.129. The van der Waals surface area contributed by atoms with Crippen LogP contribution in [0.1, 0.15) is 12.6 Å². The van der Waals surface area contributed by atoms with Crippen LogP contribution >= 0.6 is 11.3 Å². The van der Waals surface area contributed by atoms with Crippen LogP contribution in [0, 0.1) is 0 Å². The number of carboxylic acids is 1. The molecule has 0 radical (unpaired) electrons. The van der Waals surface area contributed by atoms with E-state index >= 15 is 0 Å². The standard InChI is InChI=1S/C8H9N3O5S/c1-2-15-8(14)16-11-5(6(12)13)4-3-17-7(9)10-4/h3H,2H2,1H3,(H2,9,10)(H,12,13). The molecule has 0 saturated heterocycles. The first-order chi connectivity index (χ1) is 8.04. The molecule has 0 spiro atoms. The zero-order valence-electron chi connectivity index (χ0n) is 8.74. The molecule has 0 aliphatic heterocycles. The lowest BCUT2D eigenvalue weighted by Crippen LogP contribution is -2.17. The number of aliphatic carboxylic acids is 1. The van der Waals surface area contributed by atoms with Crippen molar-refractivity contribution in [1.29, 1.82) is 0 Å². The van der Waals surface area contributed by atoms with Crippen molar-refractivity contribution >= 4 is 34.3 Å². The lowest BCUT2D eigenvalue weighted by atomic mass is 10.3. The van der Waals surface area contributed by atoms with Crippen LogP contribution in [0.3, 0.4) is 0 Å². The molecule has 0 unspecified atom stereocenters. The van der Waals surface area contributed by atoms with Crippen molar-refractivity contribution in [2.75, 3.05) is 12.3 Å². The summed E-state index contributed by atoms with van der Waals surface area (Å²) in [6.07, 6.45) is -1.09. The number of hydrogen-bond donors (Lipinski definition) is 2. The monoisotopic (exact) mass is 259 g/mol. The van der Waals surface area contributed by atoms with E-state index in [0.29, 0.717) is 0 Å². The van der Waals surface area contributed by atoms with E-state index in [1.165, 1.54) is 5.38 Å². The maximum absolute atomic E-state index is 10.8. The molecule has 0 amide bonds. The molecule has 17 heavy (non-hydrogen) atoms. The number of thiazole rings is 1. The highest BCUT2D eigenvalue weighted by molar-refractivity contribution is 7.13. The molecule has 0 aliphatic rings. The molecule has 1 aromatic heterocycles. The van der Waals surface area contributed by atoms with Gasteiger partial charge in [-0.1, -0.05) is 5.16 Å². The van der Waals surface area contributed by atoms with Crippen molar-refractivity contribution in [1.82, 2.24) is 4.98 Å². The van der Waals surface area contributed by atoms with Crippen molar-refractivity contribution in [3.63, 3.8) is 0 Å². The molecule has 1 rings (SSSR count). The average molecular weight is 259 g/mol. The molecule has 0 bridgehead atoms. The van der Waals surface area contributed by atoms with Gasteiger partial charge in [-0.05, 0) is 6.92 Å². The number of aromatic nitrogens is 1. The number of nitrogens with two attached hydrogens (primary N) is 1. The van der Waals surface area contributed by atoms with E-state index in [0.717, 1.165) is 11.3 Å². The summed E-state index contributed by atoms with van der Waals surface area (Å²) in [5, 5.41) is 13.6. The number of anilines is 1. The largest absolute Gasteiger partial charge is 0.535 e. The molecule has 0 aliphatic carbocycles. The van der Waals surface area contributed by atoms with Crippen molar-refractivity contribution in [3.8, 4) is 0 Å². The quantitative estimate of drug-likeness (QED) is 0.352. The minimum atomic E-state index is -1.39. The maximum atomic E-state index is 10.8. The van der Waals surface area contributed by atoms with Gasteiger partial charge >= 0.3 is 12.1 Å². The molecule has 0 saturated carbocycles. The van der Waals surface area contributed by atoms with Gasteiger partial charge < -0.3 is 15.6 Å². The second-order valence-corrected chi connectivity index (χ2v) is 3.48. The molecule has 8 nitrogen and oxygen atoms in total. The van der Waals surface area contributed by atoms with Gasteiger partial charge in [0.15, 0.2) is 5.13 Å². The minimum Gasteiger partial charge on any atom is -0.476 e. The third-order valence-electron chi connectivity index (χ3n) is 1.44. The van der Waals surface area contributed by atoms with E-state index in [2.05, 4.69) is 19.7 Å². The first kappa shape index (κ1) is 12.9. The van der Waals surface area contributed by atoms with Crippen LogP contribution in [0.4, 0.5) is 9.93 Å². The Hall–Kier alpha value is -2.16. The van der Waals surface area contributed by atoms with Crippen LogP contribution in [0.25, 0.3) is 0 Å². The van der Waals surface area contributed by atoms with Gasteiger partial charge in [-0.3, -0.25) is 4.84 Å². The van der Waals surface area contributed by atoms with Crippen molar-refractivity contribution in [3.05, 3.63) is 11.1 Å². The molecule has 92 valence electrons. The summed E-state index contributed by atoms with van der Waals surface area (Å²) in [6, 6.07) is 0. The number of oxime groups is 1. The number of carboxylic acid groups (broad SMARTS) is 1. The zero-order chi connectivity index (χ0) is 12.8. The summed E-state index contributed by atoms with van der Waals surface area (Å²) in [7, 11) is 0. The van der Waals surface area contributed by atoms with Gasteiger partial charge in [-0.15, -0.1) is 11.3 Å². The second kappa shape index (κ2) is 5.80. The highest BCUT2D eigenvalue weighted by Crippen LogP contribution is 2.12. The van der Waals surface area contributed by atoms with E-state index in [9.17, 15) is 9.59 Å². The van der Waals surface area contributed by atoms with Crippen LogP contribution in [-0.2, 0) is 14.4 Å². The van der Waals surface area contributed by atoms with Crippen molar-refractivity contribution in [2.24, 2.45) is 5.16 Å². The fourth-order valence-electron chi connectivity index (χ4n) is 0.819. The Balaban J connectivity index is 2.83. The molecule has 9 heteroatoms. The summed E-state index contributed by atoms with van der Waals surface area (Å²) in [6.45, 7) is 1.67. The SMILES string of the molecule is CCOC(=O)ON=C(C(=O)O)c1csc(N)n1. The Kier molecular flexibility index (Phi) is 4.40. The van der Waals surface area contributed by atoms with Gasteiger partial charge in [-0.25, -0.2) is 14.6 Å². The highest BCUT2D eigenvalue weighted by atomic mass is 32.1. The van der Waals surface area contributed by atoms with Crippen LogP contribution in [0.2, 0.25) is 0 Å². The van der Waals surface area contributed by atoms with Crippen LogP contribution in [-0.4, -0.2) is 34.5 Å². The predicted octanol–water partition coefficient (Wildman–Crippen LogP) is 0.687. The summed E-state index contributed by atoms with van der Waals surface area (Å²) >= 11 is 1.05. The summed E-state index contributed by atoms with van der Waals surface area (Å²) in [5.41, 5.74) is 4.84. The average Bonchev–Trinajstić information content (AvgIpc) is 2.65. The van der Waals surface area contributed by atoms with E-state index in [1.807, 2.05) is 0 Å².